The third-order valence-corrected chi connectivity index (χ3v) is 6.10. The van der Waals surface area contributed by atoms with Gasteiger partial charge < -0.3 is 20.1 Å². The lowest BCUT2D eigenvalue weighted by Gasteiger charge is -2.32. The maximum Gasteiger partial charge on any atom is 0.260 e. The molecule has 0 radical (unpaired) electrons. The number of likely N-dealkylation sites (N-methyl/N-ethyl adjacent to an activating group) is 1. The normalized spacial score (nSPS) is 19.6. The molecule has 2 aliphatic rings. The maximum absolute atomic E-state index is 13.0. The molecule has 4 rings (SSSR count). The molecule has 1 saturated heterocycles. The Kier molecular flexibility index (Phi) is 6.55. The summed E-state index contributed by atoms with van der Waals surface area (Å²) in [7, 11) is 1.84. The van der Waals surface area contributed by atoms with Crippen LogP contribution in [0.15, 0.2) is 48.5 Å². The number of hydrogen-bond acceptors (Lipinski definition) is 5. The molecule has 0 bridgehead atoms. The summed E-state index contributed by atoms with van der Waals surface area (Å²) in [5.41, 5.74) is 3.50. The number of carbonyl (C=O) groups is 1. The molecule has 0 aliphatic carbocycles. The number of fused-ring (bicyclic) bond motifs is 1. The maximum atomic E-state index is 13.0. The Labute approximate surface area is 178 Å². The van der Waals surface area contributed by atoms with Gasteiger partial charge in [-0.15, -0.1) is 0 Å². The van der Waals surface area contributed by atoms with Gasteiger partial charge in [-0.2, -0.15) is 0 Å². The minimum atomic E-state index is -0.274. The lowest BCUT2D eigenvalue weighted by Crippen LogP contribution is -2.40. The molecule has 2 aromatic rings. The monoisotopic (exact) mass is 409 g/mol. The predicted octanol–water partition coefficient (Wildman–Crippen LogP) is 2.69. The molecule has 2 aromatic carbocycles. The predicted molar refractivity (Wildman–Crippen MR) is 118 cm³/mol. The molecule has 6 heteroatoms. The van der Waals surface area contributed by atoms with Crippen molar-refractivity contribution in [3.63, 3.8) is 0 Å². The number of nitrogens with one attached hydrogen (secondary N) is 1. The molecular formula is C24H31N3O3. The number of β-amino-alcohol motifs (C(OH)–C–C–N with tert-alkyl or cyclic N) is 1. The van der Waals surface area contributed by atoms with E-state index in [1.165, 1.54) is 5.56 Å². The second-order valence-corrected chi connectivity index (χ2v) is 8.27. The SMILES string of the molecule is CN(C(=O)COc1ccc2c(c1)CCCN2)C(CN1CCC(O)C1)c1ccccc1. The van der Waals surface area contributed by atoms with Gasteiger partial charge in [-0.05, 0) is 48.6 Å². The molecule has 2 aliphatic heterocycles. The molecule has 1 amide bonds. The van der Waals surface area contributed by atoms with Gasteiger partial charge in [0.1, 0.15) is 5.75 Å². The van der Waals surface area contributed by atoms with Crippen molar-refractivity contribution in [2.75, 3.05) is 45.2 Å². The first-order valence-corrected chi connectivity index (χ1v) is 10.8. The molecular weight excluding hydrogens is 378 g/mol. The average molecular weight is 410 g/mol. The summed E-state index contributed by atoms with van der Waals surface area (Å²) >= 11 is 0. The molecule has 2 N–H and O–H groups in total. The van der Waals surface area contributed by atoms with Crippen molar-refractivity contribution in [3.05, 3.63) is 59.7 Å². The summed E-state index contributed by atoms with van der Waals surface area (Å²) < 4.78 is 5.86. The Hall–Kier alpha value is -2.57. The third kappa shape index (κ3) is 4.94. The van der Waals surface area contributed by atoms with Crippen LogP contribution in [0.2, 0.25) is 0 Å². The van der Waals surface area contributed by atoms with Crippen molar-refractivity contribution in [2.24, 2.45) is 0 Å². The summed E-state index contributed by atoms with van der Waals surface area (Å²) in [4.78, 5) is 17.0. The van der Waals surface area contributed by atoms with E-state index in [0.717, 1.165) is 49.4 Å². The number of rotatable bonds is 7. The van der Waals surface area contributed by atoms with Crippen LogP contribution in [0.5, 0.6) is 5.75 Å². The summed E-state index contributed by atoms with van der Waals surface area (Å²) in [5, 5.41) is 13.3. The Balaban J connectivity index is 1.41. The zero-order valence-corrected chi connectivity index (χ0v) is 17.6. The number of benzene rings is 2. The fourth-order valence-electron chi connectivity index (χ4n) is 4.31. The fraction of sp³-hybridized carbons (Fsp3) is 0.458. The molecule has 30 heavy (non-hydrogen) atoms. The minimum Gasteiger partial charge on any atom is -0.484 e. The Morgan fingerprint density at radius 3 is 2.90 bits per heavy atom. The van der Waals surface area contributed by atoms with Crippen LogP contribution in [0.3, 0.4) is 0 Å². The van der Waals surface area contributed by atoms with Crippen molar-refractivity contribution in [1.82, 2.24) is 9.80 Å². The van der Waals surface area contributed by atoms with Gasteiger partial charge in [0.05, 0.1) is 12.1 Å². The Bertz CT molecular complexity index is 858. The third-order valence-electron chi connectivity index (χ3n) is 6.10. The van der Waals surface area contributed by atoms with Gasteiger partial charge in [-0.25, -0.2) is 0 Å². The van der Waals surface area contributed by atoms with E-state index in [9.17, 15) is 9.90 Å². The number of anilines is 1. The summed E-state index contributed by atoms with van der Waals surface area (Å²) in [6.45, 7) is 3.23. The van der Waals surface area contributed by atoms with E-state index in [1.54, 1.807) is 4.90 Å². The van der Waals surface area contributed by atoms with Crippen molar-refractivity contribution in [2.45, 2.75) is 31.4 Å². The minimum absolute atomic E-state index is 0.00860. The highest BCUT2D eigenvalue weighted by Gasteiger charge is 2.28. The van der Waals surface area contributed by atoms with Crippen LogP contribution >= 0.6 is 0 Å². The van der Waals surface area contributed by atoms with Gasteiger partial charge in [-0.1, -0.05) is 30.3 Å². The summed E-state index contributed by atoms with van der Waals surface area (Å²) in [6, 6.07) is 16.0. The van der Waals surface area contributed by atoms with E-state index in [-0.39, 0.29) is 24.7 Å². The van der Waals surface area contributed by atoms with E-state index in [1.807, 2.05) is 43.4 Å². The highest BCUT2D eigenvalue weighted by atomic mass is 16.5. The molecule has 0 saturated carbocycles. The van der Waals surface area contributed by atoms with Crippen LogP contribution in [-0.4, -0.2) is 66.8 Å². The molecule has 160 valence electrons. The molecule has 2 atom stereocenters. The number of aliphatic hydroxyl groups excluding tert-OH is 1. The van der Waals surface area contributed by atoms with Crippen LogP contribution in [-0.2, 0) is 11.2 Å². The number of carbonyl (C=O) groups excluding carboxylic acids is 1. The molecule has 2 unspecified atom stereocenters. The van der Waals surface area contributed by atoms with Crippen molar-refractivity contribution in [1.29, 1.82) is 0 Å². The highest BCUT2D eigenvalue weighted by molar-refractivity contribution is 5.78. The molecule has 1 fully saturated rings. The zero-order chi connectivity index (χ0) is 20.9. The first-order chi connectivity index (χ1) is 14.6. The Morgan fingerprint density at radius 2 is 2.13 bits per heavy atom. The van der Waals surface area contributed by atoms with Crippen LogP contribution in [0.1, 0.15) is 30.0 Å². The number of amides is 1. The zero-order valence-electron chi connectivity index (χ0n) is 17.6. The second-order valence-electron chi connectivity index (χ2n) is 8.27. The first-order valence-electron chi connectivity index (χ1n) is 10.8. The number of hydrogen-bond donors (Lipinski definition) is 2. The summed E-state index contributed by atoms with van der Waals surface area (Å²) in [5.74, 6) is 0.678. The van der Waals surface area contributed by atoms with Crippen molar-refractivity contribution >= 4 is 11.6 Å². The number of nitrogens with zero attached hydrogens (tertiary/aromatic N) is 2. The topological polar surface area (TPSA) is 65.0 Å². The van der Waals surface area contributed by atoms with Crippen LogP contribution in [0, 0.1) is 0 Å². The van der Waals surface area contributed by atoms with Gasteiger partial charge in [0, 0.05) is 38.9 Å². The van der Waals surface area contributed by atoms with Gasteiger partial charge in [0.15, 0.2) is 6.61 Å². The molecule has 2 heterocycles. The van der Waals surface area contributed by atoms with E-state index < -0.39 is 0 Å². The highest BCUT2D eigenvalue weighted by Crippen LogP contribution is 2.27. The van der Waals surface area contributed by atoms with Gasteiger partial charge in [0.25, 0.3) is 5.91 Å². The fourth-order valence-corrected chi connectivity index (χ4v) is 4.31. The van der Waals surface area contributed by atoms with E-state index >= 15 is 0 Å². The quantitative estimate of drug-likeness (QED) is 0.736. The lowest BCUT2D eigenvalue weighted by molar-refractivity contribution is -0.134. The molecule has 0 spiro atoms. The van der Waals surface area contributed by atoms with E-state index in [0.29, 0.717) is 13.1 Å². The standard InChI is InChI=1S/C24H31N3O3/c1-26(23(18-6-3-2-4-7-18)16-27-13-11-20(28)15-27)24(29)17-30-21-9-10-22-19(14-21)8-5-12-25-22/h2-4,6-7,9-10,14,20,23,25,28H,5,8,11-13,15-17H2,1H3. The van der Waals surface area contributed by atoms with Crippen LogP contribution in [0.4, 0.5) is 5.69 Å². The van der Waals surface area contributed by atoms with E-state index in [2.05, 4.69) is 22.3 Å². The van der Waals surface area contributed by atoms with Crippen molar-refractivity contribution in [3.8, 4) is 5.75 Å². The number of likely N-dealkylation sites (tertiary alicyclic amines) is 1. The van der Waals surface area contributed by atoms with E-state index in [4.69, 9.17) is 4.74 Å². The largest absolute Gasteiger partial charge is 0.484 e. The molecule has 6 nitrogen and oxygen atoms in total. The van der Waals surface area contributed by atoms with Gasteiger partial charge in [0.2, 0.25) is 0 Å². The van der Waals surface area contributed by atoms with Crippen molar-refractivity contribution < 1.29 is 14.6 Å². The number of ether oxygens (including phenoxy) is 1. The van der Waals surface area contributed by atoms with Gasteiger partial charge in [-0.3, -0.25) is 9.69 Å². The smallest absolute Gasteiger partial charge is 0.260 e. The molecule has 0 aromatic heterocycles. The van der Waals surface area contributed by atoms with Crippen LogP contribution in [0.25, 0.3) is 0 Å². The number of aryl methyl sites for hydroxylation is 1. The lowest BCUT2D eigenvalue weighted by atomic mass is 10.0. The second kappa shape index (κ2) is 9.49. The Morgan fingerprint density at radius 1 is 1.30 bits per heavy atom. The average Bonchev–Trinajstić information content (AvgIpc) is 3.20. The summed E-state index contributed by atoms with van der Waals surface area (Å²) in [6.07, 6.45) is 2.66. The van der Waals surface area contributed by atoms with Crippen LogP contribution < -0.4 is 10.1 Å². The van der Waals surface area contributed by atoms with Gasteiger partial charge >= 0.3 is 0 Å². The number of aliphatic hydroxyl groups is 1. The first kappa shape index (κ1) is 20.7.